The third-order valence-corrected chi connectivity index (χ3v) is 3.83. The Kier molecular flexibility index (Phi) is 5.17. The van der Waals surface area contributed by atoms with Gasteiger partial charge in [0.05, 0.1) is 12.6 Å². The molecule has 2 unspecified atom stereocenters. The van der Waals surface area contributed by atoms with Crippen molar-refractivity contribution in [1.82, 2.24) is 4.90 Å². The van der Waals surface area contributed by atoms with Crippen LogP contribution < -0.4 is 5.73 Å². The van der Waals surface area contributed by atoms with Crippen molar-refractivity contribution < 1.29 is 4.74 Å². The van der Waals surface area contributed by atoms with Gasteiger partial charge >= 0.3 is 0 Å². The summed E-state index contributed by atoms with van der Waals surface area (Å²) in [5, 5.41) is 0. The number of ether oxygens (including phenoxy) is 1. The van der Waals surface area contributed by atoms with Gasteiger partial charge in [0.2, 0.25) is 0 Å². The molecule has 1 heterocycles. The molecule has 0 amide bonds. The molecule has 3 nitrogen and oxygen atoms in total. The quantitative estimate of drug-likeness (QED) is 0.866. The van der Waals surface area contributed by atoms with E-state index in [9.17, 15) is 0 Å². The van der Waals surface area contributed by atoms with E-state index in [0.717, 1.165) is 26.2 Å². The SMILES string of the molecule is COCC(c1ccccc1)N1CCCC(CN)C1. The van der Waals surface area contributed by atoms with E-state index in [1.165, 1.54) is 18.4 Å². The van der Waals surface area contributed by atoms with Crippen LogP contribution >= 0.6 is 0 Å². The predicted molar refractivity (Wildman–Crippen MR) is 74.4 cm³/mol. The standard InChI is InChI=1S/C15H24N2O/c1-18-12-15(14-7-3-2-4-8-14)17-9-5-6-13(10-16)11-17/h2-4,7-8,13,15H,5-6,9-12,16H2,1H3. The molecule has 0 aliphatic carbocycles. The van der Waals surface area contributed by atoms with Gasteiger partial charge in [-0.2, -0.15) is 0 Å². The molecule has 3 heteroatoms. The van der Waals surface area contributed by atoms with E-state index in [-0.39, 0.29) is 0 Å². The molecule has 1 aliphatic heterocycles. The third-order valence-electron chi connectivity index (χ3n) is 3.83. The third kappa shape index (κ3) is 3.31. The van der Waals surface area contributed by atoms with Gasteiger partial charge in [0.1, 0.15) is 0 Å². The second kappa shape index (κ2) is 6.88. The molecule has 1 fully saturated rings. The maximum absolute atomic E-state index is 5.82. The summed E-state index contributed by atoms with van der Waals surface area (Å²) in [5.74, 6) is 0.641. The normalized spacial score (nSPS) is 22.9. The van der Waals surface area contributed by atoms with Crippen molar-refractivity contribution >= 4 is 0 Å². The highest BCUT2D eigenvalue weighted by Gasteiger charge is 2.26. The predicted octanol–water partition coefficient (Wildman–Crippen LogP) is 2.04. The maximum atomic E-state index is 5.82. The zero-order valence-corrected chi connectivity index (χ0v) is 11.2. The molecule has 1 saturated heterocycles. The summed E-state index contributed by atoms with van der Waals surface area (Å²) in [4.78, 5) is 2.53. The highest BCUT2D eigenvalue weighted by molar-refractivity contribution is 5.19. The molecule has 0 saturated carbocycles. The van der Waals surface area contributed by atoms with E-state index in [2.05, 4.69) is 35.2 Å². The average Bonchev–Trinajstić information content (AvgIpc) is 2.46. The van der Waals surface area contributed by atoms with Crippen molar-refractivity contribution in [2.75, 3.05) is 33.4 Å². The summed E-state index contributed by atoms with van der Waals surface area (Å²) >= 11 is 0. The molecular formula is C15H24N2O. The van der Waals surface area contributed by atoms with E-state index in [1.807, 2.05) is 0 Å². The summed E-state index contributed by atoms with van der Waals surface area (Å²) in [6, 6.07) is 11.0. The number of piperidine rings is 1. The van der Waals surface area contributed by atoms with Crippen LogP contribution in [0.1, 0.15) is 24.4 Å². The molecule has 1 aromatic carbocycles. The molecule has 18 heavy (non-hydrogen) atoms. The fourth-order valence-electron chi connectivity index (χ4n) is 2.82. The Morgan fingerprint density at radius 3 is 2.83 bits per heavy atom. The first-order valence-corrected chi connectivity index (χ1v) is 6.83. The van der Waals surface area contributed by atoms with Crippen LogP contribution in [0.2, 0.25) is 0 Å². The first-order chi connectivity index (χ1) is 8.85. The molecule has 100 valence electrons. The molecule has 0 bridgehead atoms. The highest BCUT2D eigenvalue weighted by atomic mass is 16.5. The number of nitrogens with zero attached hydrogens (tertiary/aromatic N) is 1. The van der Waals surface area contributed by atoms with Crippen LogP contribution in [0.3, 0.4) is 0 Å². The molecule has 0 spiro atoms. The van der Waals surface area contributed by atoms with Gasteiger partial charge in [0.25, 0.3) is 0 Å². The minimum absolute atomic E-state index is 0.366. The van der Waals surface area contributed by atoms with Crippen molar-refractivity contribution in [1.29, 1.82) is 0 Å². The van der Waals surface area contributed by atoms with E-state index >= 15 is 0 Å². The van der Waals surface area contributed by atoms with Crippen LogP contribution in [0.25, 0.3) is 0 Å². The Balaban J connectivity index is 2.09. The fraction of sp³-hybridized carbons (Fsp3) is 0.600. The Hall–Kier alpha value is -0.900. The molecule has 1 aliphatic rings. The van der Waals surface area contributed by atoms with Crippen molar-refractivity contribution in [3.05, 3.63) is 35.9 Å². The second-order valence-corrected chi connectivity index (χ2v) is 5.12. The van der Waals surface area contributed by atoms with Crippen LogP contribution in [0, 0.1) is 5.92 Å². The topological polar surface area (TPSA) is 38.5 Å². The molecular weight excluding hydrogens is 224 g/mol. The molecule has 2 atom stereocenters. The number of rotatable bonds is 5. The zero-order chi connectivity index (χ0) is 12.8. The second-order valence-electron chi connectivity index (χ2n) is 5.12. The summed E-state index contributed by atoms with van der Waals surface area (Å²) in [6.07, 6.45) is 2.51. The lowest BCUT2D eigenvalue weighted by molar-refractivity contribution is 0.0603. The summed E-state index contributed by atoms with van der Waals surface area (Å²) in [6.45, 7) is 3.80. The van der Waals surface area contributed by atoms with Crippen LogP contribution in [0.4, 0.5) is 0 Å². The molecule has 0 radical (unpaired) electrons. The van der Waals surface area contributed by atoms with E-state index in [1.54, 1.807) is 7.11 Å². The van der Waals surface area contributed by atoms with Crippen molar-refractivity contribution in [3.63, 3.8) is 0 Å². The van der Waals surface area contributed by atoms with Crippen molar-refractivity contribution in [2.24, 2.45) is 11.7 Å². The number of methoxy groups -OCH3 is 1. The van der Waals surface area contributed by atoms with Crippen LogP contribution in [0.15, 0.2) is 30.3 Å². The lowest BCUT2D eigenvalue weighted by atomic mass is 9.95. The highest BCUT2D eigenvalue weighted by Crippen LogP contribution is 2.26. The summed E-state index contributed by atoms with van der Waals surface area (Å²) < 4.78 is 5.41. The van der Waals surface area contributed by atoms with Crippen LogP contribution in [-0.4, -0.2) is 38.3 Å². The summed E-state index contributed by atoms with van der Waals surface area (Å²) in [5.41, 5.74) is 7.16. The first kappa shape index (κ1) is 13.5. The minimum Gasteiger partial charge on any atom is -0.383 e. The molecule has 2 N–H and O–H groups in total. The summed E-state index contributed by atoms with van der Waals surface area (Å²) in [7, 11) is 1.78. The van der Waals surface area contributed by atoms with Crippen molar-refractivity contribution in [2.45, 2.75) is 18.9 Å². The van der Waals surface area contributed by atoms with Gasteiger partial charge in [0, 0.05) is 13.7 Å². The molecule has 1 aromatic rings. The van der Waals surface area contributed by atoms with Gasteiger partial charge in [-0.25, -0.2) is 0 Å². The van der Waals surface area contributed by atoms with Gasteiger partial charge in [-0.3, -0.25) is 4.90 Å². The Morgan fingerprint density at radius 2 is 2.17 bits per heavy atom. The number of hydrogen-bond donors (Lipinski definition) is 1. The monoisotopic (exact) mass is 248 g/mol. The van der Waals surface area contributed by atoms with E-state index < -0.39 is 0 Å². The molecule has 0 aromatic heterocycles. The lowest BCUT2D eigenvalue weighted by Gasteiger charge is -2.38. The van der Waals surface area contributed by atoms with Gasteiger partial charge < -0.3 is 10.5 Å². The van der Waals surface area contributed by atoms with E-state index in [4.69, 9.17) is 10.5 Å². The lowest BCUT2D eigenvalue weighted by Crippen LogP contribution is -2.42. The number of likely N-dealkylation sites (tertiary alicyclic amines) is 1. The van der Waals surface area contributed by atoms with Crippen LogP contribution in [0.5, 0.6) is 0 Å². The Morgan fingerprint density at radius 1 is 1.39 bits per heavy atom. The minimum atomic E-state index is 0.366. The van der Waals surface area contributed by atoms with Crippen molar-refractivity contribution in [3.8, 4) is 0 Å². The zero-order valence-electron chi connectivity index (χ0n) is 11.2. The molecule has 2 rings (SSSR count). The Labute approximate surface area is 110 Å². The number of benzene rings is 1. The van der Waals surface area contributed by atoms with Crippen LogP contribution in [-0.2, 0) is 4.74 Å². The van der Waals surface area contributed by atoms with E-state index in [0.29, 0.717) is 12.0 Å². The first-order valence-electron chi connectivity index (χ1n) is 6.83. The Bertz CT molecular complexity index is 342. The maximum Gasteiger partial charge on any atom is 0.0659 e. The van der Waals surface area contributed by atoms with Gasteiger partial charge in [-0.1, -0.05) is 30.3 Å². The average molecular weight is 248 g/mol. The van der Waals surface area contributed by atoms with Gasteiger partial charge in [-0.05, 0) is 37.4 Å². The van der Waals surface area contributed by atoms with Gasteiger partial charge in [0.15, 0.2) is 0 Å². The fourth-order valence-corrected chi connectivity index (χ4v) is 2.82. The smallest absolute Gasteiger partial charge is 0.0659 e. The number of hydrogen-bond acceptors (Lipinski definition) is 3. The largest absolute Gasteiger partial charge is 0.383 e. The number of nitrogens with two attached hydrogens (primary N) is 1. The van der Waals surface area contributed by atoms with Gasteiger partial charge in [-0.15, -0.1) is 0 Å².